The number of carbonyl (C=O) groups excluding carboxylic acids is 1. The van der Waals surface area contributed by atoms with Crippen molar-refractivity contribution in [1.82, 2.24) is 5.32 Å². The highest BCUT2D eigenvalue weighted by molar-refractivity contribution is 7.92. The Balaban J connectivity index is 1.62. The van der Waals surface area contributed by atoms with E-state index in [0.717, 1.165) is 36.1 Å². The van der Waals surface area contributed by atoms with Gasteiger partial charge in [0.1, 0.15) is 12.3 Å². The van der Waals surface area contributed by atoms with Gasteiger partial charge >= 0.3 is 0 Å². The van der Waals surface area contributed by atoms with E-state index in [2.05, 4.69) is 5.32 Å². The molecule has 0 aliphatic heterocycles. The lowest BCUT2D eigenvalue weighted by Gasteiger charge is -2.24. The molecule has 35 heavy (non-hydrogen) atoms. The van der Waals surface area contributed by atoms with Crippen molar-refractivity contribution in [2.24, 2.45) is 0 Å². The SMILES string of the molecule is CCc1ccc(N(CC(=O)NCCCc2ccc(OC(C)C)cc2)S(=O)(=O)c2ccccc2)cc1. The van der Waals surface area contributed by atoms with Crippen LogP contribution in [0.15, 0.2) is 83.8 Å². The maximum Gasteiger partial charge on any atom is 0.264 e. The molecule has 3 rings (SSSR count). The molecule has 0 saturated carbocycles. The van der Waals surface area contributed by atoms with Crippen LogP contribution in [0.5, 0.6) is 5.75 Å². The van der Waals surface area contributed by atoms with Crippen molar-refractivity contribution in [1.29, 1.82) is 0 Å². The molecule has 0 aliphatic carbocycles. The van der Waals surface area contributed by atoms with Gasteiger partial charge in [0.25, 0.3) is 10.0 Å². The van der Waals surface area contributed by atoms with Gasteiger partial charge in [0.15, 0.2) is 0 Å². The molecule has 3 aromatic carbocycles. The predicted molar refractivity (Wildman–Crippen MR) is 140 cm³/mol. The van der Waals surface area contributed by atoms with Crippen LogP contribution in [0.2, 0.25) is 0 Å². The number of amides is 1. The van der Waals surface area contributed by atoms with E-state index >= 15 is 0 Å². The third kappa shape index (κ3) is 7.59. The molecule has 0 fully saturated rings. The van der Waals surface area contributed by atoms with Gasteiger partial charge in [-0.3, -0.25) is 9.10 Å². The molecule has 3 aromatic rings. The van der Waals surface area contributed by atoms with Crippen molar-refractivity contribution < 1.29 is 17.9 Å². The Hall–Kier alpha value is -3.32. The smallest absolute Gasteiger partial charge is 0.264 e. The van der Waals surface area contributed by atoms with Gasteiger partial charge in [-0.05, 0) is 80.6 Å². The summed E-state index contributed by atoms with van der Waals surface area (Å²) in [5, 5.41) is 2.87. The molecule has 0 saturated heterocycles. The van der Waals surface area contributed by atoms with E-state index in [4.69, 9.17) is 4.74 Å². The minimum Gasteiger partial charge on any atom is -0.491 e. The summed E-state index contributed by atoms with van der Waals surface area (Å²) in [6.07, 6.45) is 2.52. The number of ether oxygens (including phenoxy) is 1. The number of nitrogens with zero attached hydrogens (tertiary/aromatic N) is 1. The Kier molecular flexibility index (Phi) is 9.32. The second-order valence-electron chi connectivity index (χ2n) is 8.61. The Morgan fingerprint density at radius 3 is 2.14 bits per heavy atom. The minimum atomic E-state index is -3.89. The number of aryl methyl sites for hydroxylation is 2. The van der Waals surface area contributed by atoms with Crippen LogP contribution in [0.3, 0.4) is 0 Å². The van der Waals surface area contributed by atoms with Gasteiger partial charge in [-0.2, -0.15) is 0 Å². The first-order chi connectivity index (χ1) is 16.8. The first-order valence-corrected chi connectivity index (χ1v) is 13.4. The Morgan fingerprint density at radius 1 is 0.914 bits per heavy atom. The van der Waals surface area contributed by atoms with Gasteiger partial charge in [0.2, 0.25) is 5.91 Å². The van der Waals surface area contributed by atoms with Crippen LogP contribution in [-0.4, -0.2) is 33.5 Å². The van der Waals surface area contributed by atoms with Crippen molar-refractivity contribution in [2.75, 3.05) is 17.4 Å². The van der Waals surface area contributed by atoms with Crippen LogP contribution in [0.1, 0.15) is 38.3 Å². The molecule has 186 valence electrons. The van der Waals surface area contributed by atoms with E-state index in [9.17, 15) is 13.2 Å². The number of hydrogen-bond donors (Lipinski definition) is 1. The number of benzene rings is 3. The lowest BCUT2D eigenvalue weighted by molar-refractivity contribution is -0.119. The summed E-state index contributed by atoms with van der Waals surface area (Å²) in [6, 6.07) is 23.4. The monoisotopic (exact) mass is 494 g/mol. The minimum absolute atomic E-state index is 0.130. The molecule has 0 unspecified atom stereocenters. The molecule has 0 aliphatic rings. The van der Waals surface area contributed by atoms with Gasteiger partial charge in [-0.1, -0.05) is 49.4 Å². The summed E-state index contributed by atoms with van der Waals surface area (Å²) in [4.78, 5) is 12.9. The number of nitrogens with one attached hydrogen (secondary N) is 1. The Bertz CT molecular complexity index is 1180. The number of anilines is 1. The molecule has 0 atom stereocenters. The molecule has 0 aromatic heterocycles. The zero-order chi connectivity index (χ0) is 25.3. The first-order valence-electron chi connectivity index (χ1n) is 12.0. The first kappa shape index (κ1) is 26.3. The summed E-state index contributed by atoms with van der Waals surface area (Å²) in [5.74, 6) is 0.494. The standard InChI is InChI=1S/C28H34N2O4S/c1-4-23-12-16-25(17-13-23)30(35(32,33)27-10-6-5-7-11-27)21-28(31)29-20-8-9-24-14-18-26(19-15-24)34-22(2)3/h5-7,10-19,22H,4,8-9,20-21H2,1-3H3,(H,29,31). The number of rotatable bonds is 12. The van der Waals surface area contributed by atoms with Gasteiger partial charge in [0, 0.05) is 6.54 Å². The maximum absolute atomic E-state index is 13.4. The molecular weight excluding hydrogens is 460 g/mol. The second kappa shape index (κ2) is 12.4. The third-order valence-electron chi connectivity index (χ3n) is 5.51. The molecular formula is C28H34N2O4S. The summed E-state index contributed by atoms with van der Waals surface area (Å²) in [5.41, 5.74) is 2.71. The molecule has 1 amide bonds. The van der Waals surface area contributed by atoms with E-state index < -0.39 is 10.0 Å². The molecule has 7 heteroatoms. The summed E-state index contributed by atoms with van der Waals surface area (Å²) < 4.78 is 33.6. The fourth-order valence-corrected chi connectivity index (χ4v) is 5.09. The van der Waals surface area contributed by atoms with Crippen molar-refractivity contribution in [3.8, 4) is 5.75 Å². The molecule has 0 radical (unpaired) electrons. The predicted octanol–water partition coefficient (Wildman–Crippen LogP) is 4.98. The number of carbonyl (C=O) groups is 1. The lowest BCUT2D eigenvalue weighted by atomic mass is 10.1. The van der Waals surface area contributed by atoms with Gasteiger partial charge < -0.3 is 10.1 Å². The third-order valence-corrected chi connectivity index (χ3v) is 7.30. The zero-order valence-electron chi connectivity index (χ0n) is 20.6. The number of sulfonamides is 1. The fraction of sp³-hybridized carbons (Fsp3) is 0.321. The van der Waals surface area contributed by atoms with Crippen molar-refractivity contribution in [3.05, 3.63) is 90.0 Å². The largest absolute Gasteiger partial charge is 0.491 e. The average Bonchev–Trinajstić information content (AvgIpc) is 2.86. The molecule has 0 heterocycles. The molecule has 0 bridgehead atoms. The fourth-order valence-electron chi connectivity index (χ4n) is 3.65. The highest BCUT2D eigenvalue weighted by Crippen LogP contribution is 2.24. The summed E-state index contributed by atoms with van der Waals surface area (Å²) in [6.45, 7) is 6.18. The van der Waals surface area contributed by atoms with Crippen LogP contribution >= 0.6 is 0 Å². The van der Waals surface area contributed by atoms with Crippen LogP contribution < -0.4 is 14.4 Å². The topological polar surface area (TPSA) is 75.7 Å². The van der Waals surface area contributed by atoms with Crippen molar-refractivity contribution >= 4 is 21.6 Å². The average molecular weight is 495 g/mol. The molecule has 6 nitrogen and oxygen atoms in total. The quantitative estimate of drug-likeness (QED) is 0.360. The Morgan fingerprint density at radius 2 is 1.54 bits per heavy atom. The Labute approximate surface area is 209 Å². The van der Waals surface area contributed by atoms with E-state index in [1.807, 2.05) is 57.2 Å². The zero-order valence-corrected chi connectivity index (χ0v) is 21.4. The van der Waals surface area contributed by atoms with E-state index in [1.165, 1.54) is 16.4 Å². The normalized spacial score (nSPS) is 11.3. The van der Waals surface area contributed by atoms with Gasteiger partial charge in [-0.15, -0.1) is 0 Å². The van der Waals surface area contributed by atoms with Crippen molar-refractivity contribution in [2.45, 2.75) is 51.0 Å². The van der Waals surface area contributed by atoms with E-state index in [0.29, 0.717) is 12.2 Å². The van der Waals surface area contributed by atoms with Gasteiger partial charge in [-0.25, -0.2) is 8.42 Å². The highest BCUT2D eigenvalue weighted by Gasteiger charge is 2.27. The molecule has 0 spiro atoms. The van der Waals surface area contributed by atoms with Crippen molar-refractivity contribution in [3.63, 3.8) is 0 Å². The van der Waals surface area contributed by atoms with Crippen LogP contribution in [0, 0.1) is 0 Å². The van der Waals surface area contributed by atoms with Crippen LogP contribution in [0.25, 0.3) is 0 Å². The highest BCUT2D eigenvalue weighted by atomic mass is 32.2. The summed E-state index contributed by atoms with van der Waals surface area (Å²) >= 11 is 0. The second-order valence-corrected chi connectivity index (χ2v) is 10.5. The number of hydrogen-bond acceptors (Lipinski definition) is 4. The van der Waals surface area contributed by atoms with Gasteiger partial charge in [0.05, 0.1) is 16.7 Å². The van der Waals surface area contributed by atoms with Crippen LogP contribution in [-0.2, 0) is 27.7 Å². The summed E-state index contributed by atoms with van der Waals surface area (Å²) in [7, 11) is -3.89. The maximum atomic E-state index is 13.4. The van der Waals surface area contributed by atoms with E-state index in [1.54, 1.807) is 30.3 Å². The van der Waals surface area contributed by atoms with Crippen LogP contribution in [0.4, 0.5) is 5.69 Å². The van der Waals surface area contributed by atoms with E-state index in [-0.39, 0.29) is 23.5 Å². The lowest BCUT2D eigenvalue weighted by Crippen LogP contribution is -2.41. The molecule has 1 N–H and O–H groups in total.